The highest BCUT2D eigenvalue weighted by Gasteiger charge is 2.34. The Labute approximate surface area is 233 Å². The molecule has 0 radical (unpaired) electrons. The molecule has 2 aromatic heterocycles. The standard InChI is InChI=1S/C30H38N2O4S2/c1-9-35-29(3,4)23-11-13-37-27(23)21-15-19-18-26(34-8)22(16-20(19)17-25(21)33-7)28-24(12-14-38-28)30(31-5,32-6)36-10-2/h11-18,31-32H,9-10H2,1-8H3. The number of fused-ring (bicyclic) bond motifs is 1. The van der Waals surface area contributed by atoms with Crippen LogP contribution in [0.15, 0.2) is 47.2 Å². The lowest BCUT2D eigenvalue weighted by Crippen LogP contribution is -2.53. The number of nitrogens with one attached hydrogen (secondary N) is 2. The summed E-state index contributed by atoms with van der Waals surface area (Å²) < 4.78 is 24.1. The van der Waals surface area contributed by atoms with Crippen LogP contribution in [0.2, 0.25) is 0 Å². The van der Waals surface area contributed by atoms with Gasteiger partial charge in [-0.05, 0) is 99.7 Å². The van der Waals surface area contributed by atoms with Gasteiger partial charge in [-0.15, -0.1) is 22.7 Å². The van der Waals surface area contributed by atoms with Gasteiger partial charge in [0.2, 0.25) is 5.85 Å². The van der Waals surface area contributed by atoms with Crippen LogP contribution < -0.4 is 20.1 Å². The van der Waals surface area contributed by atoms with E-state index in [1.807, 2.05) is 27.9 Å². The third-order valence-corrected chi connectivity index (χ3v) is 8.79. The van der Waals surface area contributed by atoms with Gasteiger partial charge in [-0.25, -0.2) is 0 Å². The summed E-state index contributed by atoms with van der Waals surface area (Å²) in [7, 11) is 7.23. The van der Waals surface area contributed by atoms with Crippen molar-refractivity contribution >= 4 is 33.4 Å². The SMILES string of the molecule is CCOC(C)(C)c1ccsc1-c1cc2cc(OC)c(-c3sccc3C(NC)(NC)OCC)cc2cc1OC. The first-order chi connectivity index (χ1) is 18.3. The second kappa shape index (κ2) is 11.7. The number of hydrogen-bond acceptors (Lipinski definition) is 8. The van der Waals surface area contributed by atoms with Crippen LogP contribution in [-0.4, -0.2) is 41.5 Å². The average molecular weight is 555 g/mol. The topological polar surface area (TPSA) is 61.0 Å². The summed E-state index contributed by atoms with van der Waals surface area (Å²) >= 11 is 3.36. The quantitative estimate of drug-likeness (QED) is 0.181. The third kappa shape index (κ3) is 5.09. The normalized spacial score (nSPS) is 12.3. The molecule has 2 heterocycles. The van der Waals surface area contributed by atoms with Crippen molar-refractivity contribution in [3.8, 4) is 32.4 Å². The Morgan fingerprint density at radius 2 is 1.18 bits per heavy atom. The van der Waals surface area contributed by atoms with Crippen LogP contribution in [0.1, 0.15) is 38.8 Å². The zero-order valence-electron chi connectivity index (χ0n) is 23.5. The number of benzene rings is 2. The van der Waals surface area contributed by atoms with E-state index >= 15 is 0 Å². The van der Waals surface area contributed by atoms with Gasteiger partial charge in [-0.3, -0.25) is 10.6 Å². The van der Waals surface area contributed by atoms with Gasteiger partial charge in [0.25, 0.3) is 0 Å². The molecular formula is C30H38N2O4S2. The molecule has 0 aliphatic heterocycles. The minimum atomic E-state index is -0.811. The summed E-state index contributed by atoms with van der Waals surface area (Å²) in [6.07, 6.45) is 0. The van der Waals surface area contributed by atoms with Crippen molar-refractivity contribution in [3.05, 3.63) is 58.3 Å². The van der Waals surface area contributed by atoms with E-state index < -0.39 is 11.4 Å². The van der Waals surface area contributed by atoms with Crippen molar-refractivity contribution in [3.63, 3.8) is 0 Å². The van der Waals surface area contributed by atoms with Gasteiger partial charge < -0.3 is 18.9 Å². The fourth-order valence-corrected chi connectivity index (χ4v) is 7.09. The Bertz CT molecular complexity index is 1390. The summed E-state index contributed by atoms with van der Waals surface area (Å²) in [6, 6.07) is 12.8. The van der Waals surface area contributed by atoms with Gasteiger partial charge in [-0.2, -0.15) is 0 Å². The molecule has 0 bridgehead atoms. The number of methoxy groups -OCH3 is 2. The number of rotatable bonds is 12. The fourth-order valence-electron chi connectivity index (χ4n) is 5.06. The predicted molar refractivity (Wildman–Crippen MR) is 160 cm³/mol. The van der Waals surface area contributed by atoms with Crippen LogP contribution in [-0.2, 0) is 20.9 Å². The smallest absolute Gasteiger partial charge is 0.202 e. The Hall–Kier alpha value is -2.46. The van der Waals surface area contributed by atoms with Crippen LogP contribution in [0.4, 0.5) is 0 Å². The molecular weight excluding hydrogens is 516 g/mol. The maximum absolute atomic E-state index is 6.16. The summed E-state index contributed by atoms with van der Waals surface area (Å²) in [5.74, 6) is 0.815. The van der Waals surface area contributed by atoms with Gasteiger partial charge in [-0.1, -0.05) is 0 Å². The molecule has 0 amide bonds. The zero-order chi connectivity index (χ0) is 27.5. The molecule has 0 unspecified atom stereocenters. The van der Waals surface area contributed by atoms with E-state index in [9.17, 15) is 0 Å². The molecule has 0 saturated heterocycles. The highest BCUT2D eigenvalue weighted by atomic mass is 32.1. The van der Waals surface area contributed by atoms with Crippen LogP contribution in [0.25, 0.3) is 31.7 Å². The molecule has 204 valence electrons. The van der Waals surface area contributed by atoms with Gasteiger partial charge >= 0.3 is 0 Å². The van der Waals surface area contributed by atoms with Crippen molar-refractivity contribution in [1.82, 2.24) is 10.6 Å². The van der Waals surface area contributed by atoms with Gasteiger partial charge in [0, 0.05) is 45.2 Å². The Morgan fingerprint density at radius 3 is 1.63 bits per heavy atom. The Kier molecular flexibility index (Phi) is 8.82. The van der Waals surface area contributed by atoms with E-state index in [2.05, 4.69) is 71.6 Å². The fraction of sp³-hybridized carbons (Fsp3) is 0.400. The number of thiophene rings is 2. The molecule has 0 aliphatic carbocycles. The summed E-state index contributed by atoms with van der Waals surface area (Å²) in [4.78, 5) is 2.22. The first-order valence-electron chi connectivity index (χ1n) is 12.8. The highest BCUT2D eigenvalue weighted by molar-refractivity contribution is 7.14. The maximum atomic E-state index is 6.16. The van der Waals surface area contributed by atoms with Crippen LogP contribution in [0.5, 0.6) is 11.5 Å². The largest absolute Gasteiger partial charge is 0.496 e. The van der Waals surface area contributed by atoms with Crippen LogP contribution >= 0.6 is 22.7 Å². The minimum absolute atomic E-state index is 0.408. The molecule has 0 atom stereocenters. The van der Waals surface area contributed by atoms with E-state index in [0.717, 1.165) is 54.3 Å². The maximum Gasteiger partial charge on any atom is 0.202 e. The summed E-state index contributed by atoms with van der Waals surface area (Å²) in [6.45, 7) is 9.44. The molecule has 4 rings (SSSR count). The molecule has 0 saturated carbocycles. The monoisotopic (exact) mass is 554 g/mol. The average Bonchev–Trinajstić information content (AvgIpc) is 3.61. The molecule has 2 N–H and O–H groups in total. The van der Waals surface area contributed by atoms with Crippen LogP contribution in [0.3, 0.4) is 0 Å². The molecule has 4 aromatic rings. The molecule has 38 heavy (non-hydrogen) atoms. The van der Waals surface area contributed by atoms with Gasteiger partial charge in [0.15, 0.2) is 0 Å². The molecule has 2 aromatic carbocycles. The zero-order valence-corrected chi connectivity index (χ0v) is 25.1. The highest BCUT2D eigenvalue weighted by Crippen LogP contribution is 2.46. The Morgan fingerprint density at radius 1 is 0.711 bits per heavy atom. The first kappa shape index (κ1) is 28.5. The van der Waals surface area contributed by atoms with Crippen LogP contribution in [0, 0.1) is 0 Å². The first-order valence-corrected chi connectivity index (χ1v) is 14.6. The summed E-state index contributed by atoms with van der Waals surface area (Å²) in [5, 5.41) is 13.0. The van der Waals surface area contributed by atoms with E-state index in [-0.39, 0.29) is 0 Å². The second-order valence-electron chi connectivity index (χ2n) is 9.34. The van der Waals surface area contributed by atoms with Crippen molar-refractivity contribution in [2.45, 2.75) is 39.1 Å². The van der Waals surface area contributed by atoms with E-state index in [1.165, 1.54) is 0 Å². The van der Waals surface area contributed by atoms with Gasteiger partial charge in [0.05, 0.1) is 19.8 Å². The minimum Gasteiger partial charge on any atom is -0.496 e. The number of hydrogen-bond donors (Lipinski definition) is 2. The van der Waals surface area contributed by atoms with E-state index in [4.69, 9.17) is 18.9 Å². The molecule has 0 spiro atoms. The van der Waals surface area contributed by atoms with E-state index in [0.29, 0.717) is 13.2 Å². The van der Waals surface area contributed by atoms with Crippen molar-refractivity contribution in [2.24, 2.45) is 0 Å². The Balaban J connectivity index is 1.90. The molecule has 0 aliphatic rings. The number of ether oxygens (including phenoxy) is 4. The predicted octanol–water partition coefficient (Wildman–Crippen LogP) is 7.17. The van der Waals surface area contributed by atoms with Gasteiger partial charge in [0.1, 0.15) is 11.5 Å². The molecule has 8 heteroatoms. The molecule has 0 fully saturated rings. The molecule has 6 nitrogen and oxygen atoms in total. The van der Waals surface area contributed by atoms with Crippen molar-refractivity contribution in [1.29, 1.82) is 0 Å². The lowest BCUT2D eigenvalue weighted by Gasteiger charge is -2.33. The lowest BCUT2D eigenvalue weighted by atomic mass is 9.93. The summed E-state index contributed by atoms with van der Waals surface area (Å²) in [5.41, 5.74) is 3.81. The van der Waals surface area contributed by atoms with E-state index in [1.54, 1.807) is 36.9 Å². The lowest BCUT2D eigenvalue weighted by molar-refractivity contribution is -0.0872. The van der Waals surface area contributed by atoms with Crippen molar-refractivity contribution in [2.75, 3.05) is 41.5 Å². The second-order valence-corrected chi connectivity index (χ2v) is 11.2. The van der Waals surface area contributed by atoms with Crippen molar-refractivity contribution < 1.29 is 18.9 Å². The third-order valence-electron chi connectivity index (χ3n) is 6.89.